The van der Waals surface area contributed by atoms with E-state index in [0.29, 0.717) is 22.6 Å². The molecule has 1 heterocycles. The first-order chi connectivity index (χ1) is 17.6. The first-order valence-corrected chi connectivity index (χ1v) is 12.8. The predicted octanol–water partition coefficient (Wildman–Crippen LogP) is 6.87. The maximum absolute atomic E-state index is 12.9. The number of benzene rings is 4. The molecule has 0 bridgehead atoms. The summed E-state index contributed by atoms with van der Waals surface area (Å²) in [5.74, 6) is 1.50. The molecule has 0 atom stereocenters. The fourth-order valence-electron chi connectivity index (χ4n) is 3.89. The Kier molecular flexibility index (Phi) is 7.21. The predicted molar refractivity (Wildman–Crippen MR) is 146 cm³/mol. The summed E-state index contributed by atoms with van der Waals surface area (Å²) in [6.07, 6.45) is 0. The van der Waals surface area contributed by atoms with Gasteiger partial charge in [0.2, 0.25) is 5.91 Å². The first-order valence-electron chi connectivity index (χ1n) is 11.5. The highest BCUT2D eigenvalue weighted by molar-refractivity contribution is 7.99. The lowest BCUT2D eigenvalue weighted by atomic mass is 10.1. The smallest absolute Gasteiger partial charge is 0.234 e. The number of nitrogens with one attached hydrogen (secondary N) is 1. The highest BCUT2D eigenvalue weighted by Crippen LogP contribution is 2.30. The van der Waals surface area contributed by atoms with Crippen LogP contribution in [0.4, 0.5) is 5.69 Å². The van der Waals surface area contributed by atoms with Gasteiger partial charge in [-0.25, -0.2) is 0 Å². The van der Waals surface area contributed by atoms with E-state index in [9.17, 15) is 4.79 Å². The van der Waals surface area contributed by atoms with E-state index in [4.69, 9.17) is 16.3 Å². The van der Waals surface area contributed by atoms with E-state index >= 15 is 0 Å². The van der Waals surface area contributed by atoms with Crippen LogP contribution < -0.4 is 10.1 Å². The second kappa shape index (κ2) is 10.8. The number of anilines is 1. The highest BCUT2D eigenvalue weighted by Gasteiger charge is 2.18. The molecule has 0 radical (unpaired) electrons. The number of thioether (sulfide) groups is 1. The Morgan fingerprint density at radius 2 is 1.69 bits per heavy atom. The molecule has 1 N–H and O–H groups in total. The monoisotopic (exact) mass is 514 g/mol. The topological polar surface area (TPSA) is 69.0 Å². The highest BCUT2D eigenvalue weighted by atomic mass is 35.5. The van der Waals surface area contributed by atoms with Crippen molar-refractivity contribution in [3.8, 4) is 22.8 Å². The van der Waals surface area contributed by atoms with Crippen molar-refractivity contribution in [2.24, 2.45) is 0 Å². The lowest BCUT2D eigenvalue weighted by molar-refractivity contribution is -0.113. The maximum atomic E-state index is 12.9. The molecule has 36 heavy (non-hydrogen) atoms. The van der Waals surface area contributed by atoms with Crippen molar-refractivity contribution in [3.05, 3.63) is 96.0 Å². The third-order valence-corrected chi connectivity index (χ3v) is 6.72. The third kappa shape index (κ3) is 5.22. The molecular formula is C28H23ClN4O2S. The van der Waals surface area contributed by atoms with Crippen LogP contribution in [-0.2, 0) is 4.79 Å². The molecule has 0 unspecified atom stereocenters. The van der Waals surface area contributed by atoms with Crippen LogP contribution in [0.2, 0.25) is 5.02 Å². The van der Waals surface area contributed by atoms with Gasteiger partial charge in [0.05, 0.1) is 12.4 Å². The molecular weight excluding hydrogens is 492 g/mol. The summed E-state index contributed by atoms with van der Waals surface area (Å²) in [5.41, 5.74) is 2.52. The fourth-order valence-corrected chi connectivity index (χ4v) is 4.77. The average molecular weight is 515 g/mol. The molecule has 6 nitrogen and oxygen atoms in total. The SMILES string of the molecule is CCOc1ccc(-n2c(SCC(=O)Nc3cccc4ccccc34)nnc2-c2ccc(Cl)cc2)cc1. The molecule has 5 rings (SSSR count). The van der Waals surface area contributed by atoms with Gasteiger partial charge < -0.3 is 10.1 Å². The standard InChI is InChI=1S/C28H23ClN4O2S/c1-2-35-23-16-14-22(15-17-23)33-27(20-10-12-21(29)13-11-20)31-32-28(33)36-18-26(34)30-25-9-5-7-19-6-3-4-8-24(19)25/h3-17H,2,18H2,1H3,(H,30,34). The molecule has 5 aromatic rings. The Morgan fingerprint density at radius 1 is 0.944 bits per heavy atom. The van der Waals surface area contributed by atoms with Crippen molar-refractivity contribution >= 4 is 45.7 Å². The zero-order chi connectivity index (χ0) is 24.9. The summed E-state index contributed by atoms with van der Waals surface area (Å²) in [6.45, 7) is 2.54. The number of nitrogens with zero attached hydrogens (tertiary/aromatic N) is 3. The minimum Gasteiger partial charge on any atom is -0.494 e. The second-order valence-electron chi connectivity index (χ2n) is 7.94. The summed E-state index contributed by atoms with van der Waals surface area (Å²) >= 11 is 7.42. The molecule has 4 aromatic carbocycles. The fraction of sp³-hybridized carbons (Fsp3) is 0.107. The van der Waals surface area contributed by atoms with E-state index in [-0.39, 0.29) is 11.7 Å². The number of aromatic nitrogens is 3. The van der Waals surface area contributed by atoms with Gasteiger partial charge in [0, 0.05) is 27.3 Å². The molecule has 180 valence electrons. The third-order valence-electron chi connectivity index (χ3n) is 5.54. The molecule has 0 fully saturated rings. The number of halogens is 1. The number of ether oxygens (including phenoxy) is 1. The zero-order valence-corrected chi connectivity index (χ0v) is 21.1. The Morgan fingerprint density at radius 3 is 2.47 bits per heavy atom. The van der Waals surface area contributed by atoms with E-state index < -0.39 is 0 Å². The van der Waals surface area contributed by atoms with Gasteiger partial charge in [-0.15, -0.1) is 10.2 Å². The van der Waals surface area contributed by atoms with Gasteiger partial charge in [0.15, 0.2) is 11.0 Å². The molecule has 0 aliphatic carbocycles. The van der Waals surface area contributed by atoms with Crippen molar-refractivity contribution < 1.29 is 9.53 Å². The lowest BCUT2D eigenvalue weighted by Gasteiger charge is -2.12. The van der Waals surface area contributed by atoms with Gasteiger partial charge in [-0.3, -0.25) is 9.36 Å². The van der Waals surface area contributed by atoms with Gasteiger partial charge in [-0.2, -0.15) is 0 Å². The van der Waals surface area contributed by atoms with Crippen LogP contribution in [0.25, 0.3) is 27.8 Å². The largest absolute Gasteiger partial charge is 0.494 e. The van der Waals surface area contributed by atoms with Crippen LogP contribution >= 0.6 is 23.4 Å². The molecule has 8 heteroatoms. The summed E-state index contributed by atoms with van der Waals surface area (Å²) in [4.78, 5) is 12.9. The van der Waals surface area contributed by atoms with Crippen molar-refractivity contribution in [3.63, 3.8) is 0 Å². The van der Waals surface area contributed by atoms with Gasteiger partial charge in [0.25, 0.3) is 0 Å². The van der Waals surface area contributed by atoms with Crippen LogP contribution in [0.1, 0.15) is 6.92 Å². The number of hydrogen-bond donors (Lipinski definition) is 1. The van der Waals surface area contributed by atoms with Gasteiger partial charge in [0.1, 0.15) is 5.75 Å². The number of carbonyl (C=O) groups excluding carboxylic acids is 1. The first kappa shape index (κ1) is 23.9. The van der Waals surface area contributed by atoms with Crippen molar-refractivity contribution in [2.45, 2.75) is 12.1 Å². The van der Waals surface area contributed by atoms with E-state index in [1.165, 1.54) is 11.8 Å². The quantitative estimate of drug-likeness (QED) is 0.229. The van der Waals surface area contributed by atoms with Gasteiger partial charge in [-0.1, -0.05) is 59.8 Å². The average Bonchev–Trinajstić information content (AvgIpc) is 3.33. The summed E-state index contributed by atoms with van der Waals surface area (Å²) in [5, 5.41) is 15.2. The number of carbonyl (C=O) groups is 1. The molecule has 0 spiro atoms. The van der Waals surface area contributed by atoms with E-state index in [1.54, 1.807) is 0 Å². The molecule has 0 saturated carbocycles. The van der Waals surface area contributed by atoms with Crippen molar-refractivity contribution in [1.82, 2.24) is 14.8 Å². The number of fused-ring (bicyclic) bond motifs is 1. The van der Waals surface area contributed by atoms with Crippen LogP contribution in [0.5, 0.6) is 5.75 Å². The number of hydrogen-bond acceptors (Lipinski definition) is 5. The molecule has 0 aliphatic rings. The molecule has 1 aromatic heterocycles. The Balaban J connectivity index is 1.41. The van der Waals surface area contributed by atoms with Crippen LogP contribution in [-0.4, -0.2) is 33.0 Å². The summed E-state index contributed by atoms with van der Waals surface area (Å²) in [6, 6.07) is 29.0. The zero-order valence-electron chi connectivity index (χ0n) is 19.5. The summed E-state index contributed by atoms with van der Waals surface area (Å²) in [7, 11) is 0. The normalized spacial score (nSPS) is 10.9. The van der Waals surface area contributed by atoms with Crippen LogP contribution in [0.3, 0.4) is 0 Å². The minimum atomic E-state index is -0.120. The molecule has 0 aliphatic heterocycles. The minimum absolute atomic E-state index is 0.120. The Bertz CT molecular complexity index is 1500. The molecule has 1 amide bonds. The Labute approximate surface area is 218 Å². The summed E-state index contributed by atoms with van der Waals surface area (Å²) < 4.78 is 7.53. The van der Waals surface area contributed by atoms with Gasteiger partial charge >= 0.3 is 0 Å². The second-order valence-corrected chi connectivity index (χ2v) is 9.32. The van der Waals surface area contributed by atoms with Crippen LogP contribution in [0, 0.1) is 0 Å². The number of amides is 1. The van der Waals surface area contributed by atoms with Crippen molar-refractivity contribution in [2.75, 3.05) is 17.7 Å². The van der Waals surface area contributed by atoms with E-state index in [0.717, 1.165) is 33.5 Å². The van der Waals surface area contributed by atoms with E-state index in [1.807, 2.05) is 102 Å². The maximum Gasteiger partial charge on any atom is 0.234 e. The number of rotatable bonds is 8. The molecule has 0 saturated heterocycles. The van der Waals surface area contributed by atoms with Crippen molar-refractivity contribution in [1.29, 1.82) is 0 Å². The van der Waals surface area contributed by atoms with Crippen LogP contribution in [0.15, 0.2) is 96.2 Å². The van der Waals surface area contributed by atoms with Gasteiger partial charge in [-0.05, 0) is 66.9 Å². The Hall–Kier alpha value is -3.81. The van der Waals surface area contributed by atoms with E-state index in [2.05, 4.69) is 15.5 Å². The lowest BCUT2D eigenvalue weighted by Crippen LogP contribution is -2.14.